The van der Waals surface area contributed by atoms with Gasteiger partial charge in [0.25, 0.3) is 0 Å². The summed E-state index contributed by atoms with van der Waals surface area (Å²) >= 11 is 0. The molecule has 0 spiro atoms. The minimum atomic E-state index is -1.39. The molecule has 2 amide bonds. The van der Waals surface area contributed by atoms with Crippen molar-refractivity contribution in [2.24, 2.45) is 5.41 Å². The number of nitrogens with one attached hydrogen (secondary N) is 2. The number of aliphatic hydroxyl groups excluding tert-OH is 6. The first-order valence-electron chi connectivity index (χ1n) is 22.4. The maximum Gasteiger partial charge on any atom is 0.217 e. The predicted molar refractivity (Wildman–Crippen MR) is 226 cm³/mol. The summed E-state index contributed by atoms with van der Waals surface area (Å²) in [6, 6.07) is -2.05. The van der Waals surface area contributed by atoms with Gasteiger partial charge in [-0.1, -0.05) is 56.9 Å². The van der Waals surface area contributed by atoms with Crippen LogP contribution in [0.3, 0.4) is 0 Å². The molecule has 2 aliphatic rings. The molecule has 2 saturated heterocycles. The Hall–Kier alpha value is -3.30. The third kappa shape index (κ3) is 16.8. The summed E-state index contributed by atoms with van der Waals surface area (Å²) in [4.78, 5) is 25.6. The largest absolute Gasteiger partial charge is 0.394 e. The van der Waals surface area contributed by atoms with E-state index in [1.54, 1.807) is 9.36 Å². The van der Waals surface area contributed by atoms with Gasteiger partial charge in [-0.15, -0.1) is 10.2 Å². The summed E-state index contributed by atoms with van der Waals surface area (Å²) in [6.45, 7) is 12.2. The van der Waals surface area contributed by atoms with Crippen molar-refractivity contribution in [3.63, 3.8) is 0 Å². The molecule has 10 atom stereocenters. The molecular formula is C41H73N9O14. The first kappa shape index (κ1) is 53.3. The Kier molecular flexibility index (Phi) is 22.8. The van der Waals surface area contributed by atoms with Crippen LogP contribution in [0.5, 0.6) is 0 Å². The van der Waals surface area contributed by atoms with Crippen LogP contribution < -0.4 is 10.6 Å². The molecular weight excluding hydrogens is 842 g/mol. The lowest BCUT2D eigenvalue weighted by Crippen LogP contribution is -2.64. The van der Waals surface area contributed by atoms with E-state index < -0.39 is 86.3 Å². The number of hydrogen-bond donors (Lipinski definition) is 8. The summed E-state index contributed by atoms with van der Waals surface area (Å²) in [5.74, 6) is -0.872. The van der Waals surface area contributed by atoms with Gasteiger partial charge in [-0.3, -0.25) is 14.5 Å². The van der Waals surface area contributed by atoms with Crippen molar-refractivity contribution >= 4 is 11.8 Å². The molecule has 64 heavy (non-hydrogen) atoms. The zero-order chi connectivity index (χ0) is 46.6. The van der Waals surface area contributed by atoms with Crippen molar-refractivity contribution in [1.29, 1.82) is 0 Å². The van der Waals surface area contributed by atoms with E-state index in [4.69, 9.17) is 28.4 Å². The van der Waals surface area contributed by atoms with Crippen LogP contribution >= 0.6 is 0 Å². The van der Waals surface area contributed by atoms with E-state index in [0.717, 1.165) is 50.0 Å². The zero-order valence-electron chi connectivity index (χ0n) is 37.9. The first-order valence-corrected chi connectivity index (χ1v) is 22.4. The average Bonchev–Trinajstić information content (AvgIpc) is 3.93. The Labute approximate surface area is 374 Å². The topological polar surface area (TPSA) is 300 Å². The van der Waals surface area contributed by atoms with E-state index in [1.165, 1.54) is 20.3 Å². The van der Waals surface area contributed by atoms with Gasteiger partial charge in [0, 0.05) is 39.3 Å². The van der Waals surface area contributed by atoms with Gasteiger partial charge in [-0.2, -0.15) is 0 Å². The van der Waals surface area contributed by atoms with Crippen molar-refractivity contribution < 1.29 is 68.6 Å². The van der Waals surface area contributed by atoms with Crippen molar-refractivity contribution in [2.45, 2.75) is 161 Å². The van der Waals surface area contributed by atoms with Crippen molar-refractivity contribution in [3.8, 4) is 0 Å². The monoisotopic (exact) mass is 916 g/mol. The number of unbranched alkanes of at least 4 members (excludes halogenated alkanes) is 2. The van der Waals surface area contributed by atoms with E-state index in [-0.39, 0.29) is 26.4 Å². The lowest BCUT2D eigenvalue weighted by Gasteiger charge is -2.42. The van der Waals surface area contributed by atoms with Crippen LogP contribution in [0.25, 0.3) is 0 Å². The van der Waals surface area contributed by atoms with Crippen LogP contribution in [0.2, 0.25) is 0 Å². The quantitative estimate of drug-likeness (QED) is 0.0402. The third-order valence-electron chi connectivity index (χ3n) is 11.9. The van der Waals surface area contributed by atoms with Crippen LogP contribution in [0, 0.1) is 5.41 Å². The third-order valence-corrected chi connectivity index (χ3v) is 11.9. The highest BCUT2D eigenvalue weighted by atomic mass is 16.7. The molecule has 0 aliphatic carbocycles. The number of ether oxygens (including phenoxy) is 6. The maximum atomic E-state index is 11.7. The molecule has 2 fully saturated rings. The Morgan fingerprint density at radius 2 is 1.16 bits per heavy atom. The first-order chi connectivity index (χ1) is 30.7. The number of nitrogens with zero attached hydrogens (tertiary/aromatic N) is 7. The number of aliphatic hydroxyl groups is 6. The fourth-order valence-electron chi connectivity index (χ4n) is 7.57. The molecule has 4 rings (SSSR count). The summed E-state index contributed by atoms with van der Waals surface area (Å²) in [5.41, 5.74) is 1.93. The molecule has 0 aromatic carbocycles. The number of aromatic nitrogens is 6. The van der Waals surface area contributed by atoms with Gasteiger partial charge in [0.2, 0.25) is 11.8 Å². The van der Waals surface area contributed by atoms with Crippen LogP contribution in [-0.2, 0) is 64.2 Å². The Morgan fingerprint density at radius 1 is 0.703 bits per heavy atom. The SMILES string of the molecule is CCC(C)(CC)CCCCCN(Cc1cn(CCOCCOC2OC(CO)C(O)C(O)C2NC(C)=O)nn1)Cc1cn(CCOCCOC2OC(CO)C(O)C(O)C2NC(C)=O)nn1. The molecule has 8 N–H and O–H groups in total. The predicted octanol–water partition coefficient (Wildman–Crippen LogP) is -1.79. The molecule has 0 saturated carbocycles. The second kappa shape index (κ2) is 27.4. The fourth-order valence-corrected chi connectivity index (χ4v) is 7.57. The number of hydrogen-bond acceptors (Lipinski definition) is 19. The highest BCUT2D eigenvalue weighted by Gasteiger charge is 2.46. The van der Waals surface area contributed by atoms with Gasteiger partial charge in [0.05, 0.1) is 77.3 Å². The van der Waals surface area contributed by atoms with E-state index in [9.17, 15) is 40.2 Å². The molecule has 4 heterocycles. The lowest BCUT2D eigenvalue weighted by molar-refractivity contribution is -0.272. The number of carbonyl (C=O) groups excluding carboxylic acids is 2. The molecule has 2 aromatic rings. The molecule has 23 nitrogen and oxygen atoms in total. The fraction of sp³-hybridized carbons (Fsp3) is 0.854. The molecule has 2 aromatic heterocycles. The van der Waals surface area contributed by atoms with Crippen LogP contribution in [0.4, 0.5) is 0 Å². The summed E-state index contributed by atoms with van der Waals surface area (Å²) in [6.07, 6.45) is 0.634. The Bertz CT molecular complexity index is 1530. The lowest BCUT2D eigenvalue weighted by atomic mass is 9.80. The van der Waals surface area contributed by atoms with Gasteiger partial charge in [-0.25, -0.2) is 9.36 Å². The normalized spacial score (nSPS) is 26.4. The molecule has 23 heteroatoms. The molecule has 0 radical (unpaired) electrons. The smallest absolute Gasteiger partial charge is 0.217 e. The standard InChI is InChI=1S/C41H73N9O14/c1-6-41(5,7-2)11-9-8-10-12-48(21-29-23-49(46-44-29)13-15-59-17-19-61-39-33(42-27(3)53)37(57)35(55)31(25-51)63-39)22-30-24-50(47-45-30)14-16-60-18-20-62-40-34(43-28(4)54)38(58)36(56)32(26-52)64-40/h23-24,31-40,51-52,55-58H,6-22,25-26H2,1-5H3,(H,42,53)(H,43,54). The second-order valence-corrected chi connectivity index (χ2v) is 16.8. The highest BCUT2D eigenvalue weighted by Crippen LogP contribution is 2.32. The maximum absolute atomic E-state index is 11.7. The minimum Gasteiger partial charge on any atom is -0.394 e. The van der Waals surface area contributed by atoms with Gasteiger partial charge in [0.15, 0.2) is 12.6 Å². The van der Waals surface area contributed by atoms with Gasteiger partial charge in [-0.05, 0) is 24.8 Å². The van der Waals surface area contributed by atoms with Crippen molar-refractivity contribution in [2.75, 3.05) is 59.4 Å². The molecule has 366 valence electrons. The summed E-state index contributed by atoms with van der Waals surface area (Å²) in [5, 5.41) is 82.8. The summed E-state index contributed by atoms with van der Waals surface area (Å²) < 4.78 is 37.5. The van der Waals surface area contributed by atoms with Gasteiger partial charge < -0.3 is 69.7 Å². The molecule has 10 unspecified atom stereocenters. The van der Waals surface area contributed by atoms with E-state index in [0.29, 0.717) is 44.8 Å². The second-order valence-electron chi connectivity index (χ2n) is 16.8. The van der Waals surface area contributed by atoms with Crippen LogP contribution in [-0.4, -0.2) is 198 Å². The van der Waals surface area contributed by atoms with Gasteiger partial charge >= 0.3 is 0 Å². The van der Waals surface area contributed by atoms with Crippen molar-refractivity contribution in [3.05, 3.63) is 23.8 Å². The van der Waals surface area contributed by atoms with Gasteiger partial charge in [0.1, 0.15) is 48.7 Å². The average molecular weight is 916 g/mol. The highest BCUT2D eigenvalue weighted by molar-refractivity contribution is 5.73. The van der Waals surface area contributed by atoms with Crippen LogP contribution in [0.1, 0.15) is 84.5 Å². The van der Waals surface area contributed by atoms with Crippen LogP contribution in [0.15, 0.2) is 12.4 Å². The number of carbonyl (C=O) groups is 2. The molecule has 2 aliphatic heterocycles. The number of rotatable bonds is 30. The van der Waals surface area contributed by atoms with Crippen molar-refractivity contribution in [1.82, 2.24) is 45.5 Å². The summed E-state index contributed by atoms with van der Waals surface area (Å²) in [7, 11) is 0. The zero-order valence-corrected chi connectivity index (χ0v) is 37.9. The Morgan fingerprint density at radius 3 is 1.56 bits per heavy atom. The number of amides is 2. The van der Waals surface area contributed by atoms with E-state index in [2.05, 4.69) is 56.9 Å². The Balaban J connectivity index is 1.22. The van der Waals surface area contributed by atoms with E-state index >= 15 is 0 Å². The van der Waals surface area contributed by atoms with E-state index in [1.807, 2.05) is 12.4 Å². The minimum absolute atomic E-state index is 0.0627. The molecule has 0 bridgehead atoms.